The summed E-state index contributed by atoms with van der Waals surface area (Å²) in [6.07, 6.45) is 0. The van der Waals surface area contributed by atoms with E-state index in [-0.39, 0.29) is 17.5 Å². The van der Waals surface area contributed by atoms with E-state index in [4.69, 9.17) is 0 Å². The van der Waals surface area contributed by atoms with Gasteiger partial charge in [-0.15, -0.1) is 0 Å². The van der Waals surface area contributed by atoms with Crippen molar-refractivity contribution in [1.29, 1.82) is 0 Å². The third-order valence-electron chi connectivity index (χ3n) is 20.4. The molecule has 12 aromatic rings. The maximum Gasteiger partial charge on any atom is 0.252 e. The van der Waals surface area contributed by atoms with Crippen molar-refractivity contribution in [2.75, 3.05) is 9.80 Å². The normalized spacial score (nSPS) is 15.1. The first-order chi connectivity index (χ1) is 41.4. The Kier molecular flexibility index (Phi) is 9.75. The van der Waals surface area contributed by atoms with Gasteiger partial charge in [0, 0.05) is 34.1 Å². The Labute approximate surface area is 499 Å². The number of anilines is 6. The maximum absolute atomic E-state index is 2.64. The summed E-state index contributed by atoms with van der Waals surface area (Å²) in [7, 11) is 0. The van der Waals surface area contributed by atoms with E-state index >= 15 is 0 Å². The van der Waals surface area contributed by atoms with Crippen LogP contribution >= 0.6 is 0 Å². The molecular formula is C82H61BN2. The molecule has 4 aliphatic carbocycles. The summed E-state index contributed by atoms with van der Waals surface area (Å²) >= 11 is 0. The molecule has 402 valence electrons. The lowest BCUT2D eigenvalue weighted by atomic mass is 9.33. The number of hydrogen-bond donors (Lipinski definition) is 0. The molecule has 0 saturated carbocycles. The van der Waals surface area contributed by atoms with E-state index in [0.29, 0.717) is 0 Å². The number of nitrogens with zero attached hydrogens (tertiary/aromatic N) is 2. The van der Waals surface area contributed by atoms with Crippen LogP contribution in [0.5, 0.6) is 0 Å². The minimum absolute atomic E-state index is 0.0632. The van der Waals surface area contributed by atoms with E-state index in [0.717, 1.165) is 11.4 Å². The highest BCUT2D eigenvalue weighted by molar-refractivity contribution is 7.00. The van der Waals surface area contributed by atoms with Crippen LogP contribution in [-0.4, -0.2) is 6.71 Å². The predicted molar refractivity (Wildman–Crippen MR) is 356 cm³/mol. The van der Waals surface area contributed by atoms with E-state index < -0.39 is 10.8 Å². The summed E-state index contributed by atoms with van der Waals surface area (Å²) in [5.41, 5.74) is 36.4. The Hall–Kier alpha value is -9.70. The predicted octanol–water partition coefficient (Wildman–Crippen LogP) is 18.7. The molecule has 0 fully saturated rings. The third kappa shape index (κ3) is 6.30. The van der Waals surface area contributed by atoms with Crippen molar-refractivity contribution in [2.45, 2.75) is 63.2 Å². The molecule has 2 spiro atoms. The van der Waals surface area contributed by atoms with Crippen molar-refractivity contribution in [1.82, 2.24) is 0 Å². The van der Waals surface area contributed by atoms with Crippen LogP contribution in [0.25, 0.3) is 55.6 Å². The molecule has 2 aliphatic heterocycles. The number of hydrogen-bond acceptors (Lipinski definition) is 2. The molecule has 0 N–H and O–H groups in total. The molecular weight excluding hydrogens is 1020 g/mol. The minimum atomic E-state index is -0.438. The van der Waals surface area contributed by atoms with Gasteiger partial charge in [-0.1, -0.05) is 254 Å². The van der Waals surface area contributed by atoms with Gasteiger partial charge in [-0.3, -0.25) is 0 Å². The van der Waals surface area contributed by atoms with E-state index in [1.165, 1.54) is 150 Å². The largest absolute Gasteiger partial charge is 0.311 e. The van der Waals surface area contributed by atoms with Crippen LogP contribution in [0.2, 0.25) is 0 Å². The second-order valence-corrected chi connectivity index (χ2v) is 26.7. The van der Waals surface area contributed by atoms with Gasteiger partial charge in [0.05, 0.1) is 10.8 Å². The van der Waals surface area contributed by atoms with Crippen molar-refractivity contribution in [2.24, 2.45) is 0 Å². The molecule has 85 heavy (non-hydrogen) atoms. The van der Waals surface area contributed by atoms with Crippen molar-refractivity contribution >= 4 is 57.2 Å². The molecule has 0 saturated heterocycles. The SMILES string of the molecule is CC(C)(C)c1ccc2c(c1)B1c3cc(C(C)(C)C)ccc3N(c3ccc4c(c3)-c3ccccc3C43c4ccccc4-c4ccccc43)c3cc(-c4ccccc4)cc(c31)N2c1ccc2c(c1)-c1ccccc1C21c2ccccc2-c2ccccc21. The molecule has 6 aliphatic rings. The zero-order chi connectivity index (χ0) is 56.9. The second kappa shape index (κ2) is 17.0. The highest BCUT2D eigenvalue weighted by atomic mass is 15.2. The summed E-state index contributed by atoms with van der Waals surface area (Å²) in [6.45, 7) is 14.1. The lowest BCUT2D eigenvalue weighted by Crippen LogP contribution is -2.61. The van der Waals surface area contributed by atoms with Gasteiger partial charge in [-0.05, 0) is 187 Å². The molecule has 18 rings (SSSR count). The van der Waals surface area contributed by atoms with E-state index in [1.807, 2.05) is 0 Å². The standard InChI is InChI=1S/C82H61BN2/c1-79(2,3)52-36-42-74-72(46-52)83-73-47-53(80(4,5)6)37-43-75(73)85(55-39-41-71-63(49-55)61-29-15-21-35-69(61)82(71)66-32-18-12-26-58(66)59-27-13-19-33-67(59)82)77-45-51(50-22-8-7-9-23-50)44-76(78(77)83)84(74)54-38-40-70-62(48-54)60-28-14-20-34-68(60)81(70)64-30-16-10-24-56(64)57-25-11-17-31-65(57)81/h7-49H,1-6H3. The Morgan fingerprint density at radius 1 is 0.271 bits per heavy atom. The lowest BCUT2D eigenvalue weighted by Gasteiger charge is -2.45. The molecule has 2 heterocycles. The quantitative estimate of drug-likeness (QED) is 0.163. The molecule has 0 amide bonds. The summed E-state index contributed by atoms with van der Waals surface area (Å²) < 4.78 is 0. The third-order valence-corrected chi connectivity index (χ3v) is 20.4. The Morgan fingerprint density at radius 3 is 0.941 bits per heavy atom. The topological polar surface area (TPSA) is 6.48 Å². The fourth-order valence-electron chi connectivity index (χ4n) is 16.7. The van der Waals surface area contributed by atoms with Crippen molar-refractivity contribution in [3.8, 4) is 55.6 Å². The smallest absolute Gasteiger partial charge is 0.252 e. The molecule has 0 aromatic heterocycles. The van der Waals surface area contributed by atoms with E-state index in [2.05, 4.69) is 312 Å². The minimum Gasteiger partial charge on any atom is -0.311 e. The summed E-state index contributed by atoms with van der Waals surface area (Å²) in [6, 6.07) is 101. The first-order valence-corrected chi connectivity index (χ1v) is 30.4. The van der Waals surface area contributed by atoms with Gasteiger partial charge in [0.2, 0.25) is 0 Å². The first-order valence-electron chi connectivity index (χ1n) is 30.4. The van der Waals surface area contributed by atoms with Crippen LogP contribution < -0.4 is 26.2 Å². The molecule has 0 atom stereocenters. The van der Waals surface area contributed by atoms with Crippen LogP contribution in [0.1, 0.15) is 97.2 Å². The first kappa shape index (κ1) is 48.8. The summed E-state index contributed by atoms with van der Waals surface area (Å²) in [5.74, 6) is 0. The van der Waals surface area contributed by atoms with Crippen molar-refractivity contribution in [3.63, 3.8) is 0 Å². The van der Waals surface area contributed by atoms with Crippen LogP contribution in [0.4, 0.5) is 34.1 Å². The maximum atomic E-state index is 2.64. The zero-order valence-corrected chi connectivity index (χ0v) is 48.8. The molecule has 3 heteroatoms. The molecule has 0 radical (unpaired) electrons. The van der Waals surface area contributed by atoms with Crippen LogP contribution in [0.3, 0.4) is 0 Å². The molecule has 0 unspecified atom stereocenters. The zero-order valence-electron chi connectivity index (χ0n) is 48.8. The van der Waals surface area contributed by atoms with Gasteiger partial charge < -0.3 is 9.80 Å². The number of fused-ring (bicyclic) bond motifs is 24. The molecule has 2 nitrogen and oxygen atoms in total. The Balaban J connectivity index is 0.921. The Bertz CT molecular complexity index is 4520. The number of rotatable bonds is 3. The average molecular weight is 1090 g/mol. The molecule has 0 bridgehead atoms. The summed E-state index contributed by atoms with van der Waals surface area (Å²) in [4.78, 5) is 5.28. The van der Waals surface area contributed by atoms with Crippen molar-refractivity contribution in [3.05, 3.63) is 316 Å². The number of benzene rings is 12. The highest BCUT2D eigenvalue weighted by Gasteiger charge is 2.54. The van der Waals surface area contributed by atoms with E-state index in [1.54, 1.807) is 0 Å². The monoisotopic (exact) mass is 1080 g/mol. The van der Waals surface area contributed by atoms with Gasteiger partial charge in [-0.25, -0.2) is 0 Å². The lowest BCUT2D eigenvalue weighted by molar-refractivity contribution is 0.590. The van der Waals surface area contributed by atoms with Gasteiger partial charge in [0.1, 0.15) is 0 Å². The van der Waals surface area contributed by atoms with Crippen molar-refractivity contribution < 1.29 is 0 Å². The average Bonchev–Trinajstić information content (AvgIpc) is 2.70. The molecule has 12 aromatic carbocycles. The van der Waals surface area contributed by atoms with Gasteiger partial charge in [0.15, 0.2) is 0 Å². The van der Waals surface area contributed by atoms with Gasteiger partial charge in [-0.2, -0.15) is 0 Å². The summed E-state index contributed by atoms with van der Waals surface area (Å²) in [5, 5.41) is 0. The Morgan fingerprint density at radius 2 is 0.588 bits per heavy atom. The van der Waals surface area contributed by atoms with E-state index in [9.17, 15) is 0 Å². The van der Waals surface area contributed by atoms with Gasteiger partial charge in [0.25, 0.3) is 6.71 Å². The van der Waals surface area contributed by atoms with Gasteiger partial charge >= 0.3 is 0 Å². The van der Waals surface area contributed by atoms with Crippen LogP contribution in [0.15, 0.2) is 261 Å². The highest BCUT2D eigenvalue weighted by Crippen LogP contribution is 2.65. The second-order valence-electron chi connectivity index (χ2n) is 26.7. The fraction of sp³-hybridized carbons (Fsp3) is 0.122. The van der Waals surface area contributed by atoms with Crippen LogP contribution in [-0.2, 0) is 21.7 Å². The fourth-order valence-corrected chi connectivity index (χ4v) is 16.7. The van der Waals surface area contributed by atoms with Crippen LogP contribution in [0, 0.1) is 0 Å².